The van der Waals surface area contributed by atoms with Crippen LogP contribution in [0.15, 0.2) is 33.1 Å². The molecule has 0 aliphatic heterocycles. The first-order valence-electron chi connectivity index (χ1n) is 8.42. The summed E-state index contributed by atoms with van der Waals surface area (Å²) in [5, 5.41) is 2.56. The molecule has 10 heteroatoms. The molecule has 9 nitrogen and oxygen atoms in total. The smallest absolute Gasteiger partial charge is 0.282 e. The van der Waals surface area contributed by atoms with Gasteiger partial charge in [-0.2, -0.15) is 0 Å². The van der Waals surface area contributed by atoms with Gasteiger partial charge in [-0.3, -0.25) is 4.79 Å². The Bertz CT molecular complexity index is 999. The molecule has 0 radical (unpaired) electrons. The van der Waals surface area contributed by atoms with Crippen LogP contribution in [0.3, 0.4) is 0 Å². The van der Waals surface area contributed by atoms with Gasteiger partial charge in [0.1, 0.15) is 11.6 Å². The molecule has 1 heterocycles. The van der Waals surface area contributed by atoms with E-state index in [9.17, 15) is 18.1 Å². The van der Waals surface area contributed by atoms with E-state index in [4.69, 9.17) is 10.5 Å². The van der Waals surface area contributed by atoms with Crippen LogP contribution in [0.5, 0.6) is 5.75 Å². The van der Waals surface area contributed by atoms with Crippen molar-refractivity contribution < 1.29 is 13.2 Å². The van der Waals surface area contributed by atoms with E-state index in [1.807, 2.05) is 20.8 Å². The zero-order valence-electron chi connectivity index (χ0n) is 15.4. The highest BCUT2D eigenvalue weighted by atomic mass is 32.2. The Labute approximate surface area is 156 Å². The number of anilines is 1. The first-order valence-corrected chi connectivity index (χ1v) is 10.1. The minimum absolute atomic E-state index is 0.00222. The fraction of sp³-hybridized carbons (Fsp3) is 0.412. The van der Waals surface area contributed by atoms with Crippen molar-refractivity contribution in [1.82, 2.24) is 9.97 Å². The van der Waals surface area contributed by atoms with E-state index in [2.05, 4.69) is 15.1 Å². The molecule has 0 atom stereocenters. The number of nitroso groups, excluding NO2 is 1. The van der Waals surface area contributed by atoms with Gasteiger partial charge in [-0.05, 0) is 35.7 Å². The zero-order valence-corrected chi connectivity index (χ0v) is 16.2. The SMILES string of the molecule is CCCOc1ccc(S(=O)(=O)CC(C)C)cc1-c1nc(N)c(N=O)c(=O)[nH]1. The Hall–Kier alpha value is -2.75. The lowest BCUT2D eigenvalue weighted by Crippen LogP contribution is -2.14. The number of nitrogen functional groups attached to an aromatic ring is 1. The lowest BCUT2D eigenvalue weighted by molar-refractivity contribution is 0.318. The van der Waals surface area contributed by atoms with Crippen LogP contribution in [0.25, 0.3) is 11.4 Å². The average molecular weight is 394 g/mol. The molecular formula is C17H22N4O5S. The standard InChI is InChI=1S/C17H22N4O5S/c1-4-7-26-13-6-5-11(27(24,25)9-10(2)3)8-12(13)16-19-15(18)14(21-23)17(22)20-16/h5-6,8,10H,4,7,9H2,1-3H3,(H3,18,19,20,22). The Balaban J connectivity index is 2.66. The number of aromatic amines is 1. The Morgan fingerprint density at radius 3 is 2.59 bits per heavy atom. The molecule has 0 aliphatic carbocycles. The molecule has 0 spiro atoms. The number of aromatic nitrogens is 2. The van der Waals surface area contributed by atoms with Crippen molar-refractivity contribution in [2.45, 2.75) is 32.1 Å². The molecule has 1 aromatic carbocycles. The van der Waals surface area contributed by atoms with E-state index >= 15 is 0 Å². The summed E-state index contributed by atoms with van der Waals surface area (Å²) in [5.74, 6) is -0.0873. The van der Waals surface area contributed by atoms with Gasteiger partial charge in [0.15, 0.2) is 15.7 Å². The number of nitrogens with one attached hydrogen (secondary N) is 1. The first kappa shape index (κ1) is 20.6. The lowest BCUT2D eigenvalue weighted by atomic mass is 10.2. The van der Waals surface area contributed by atoms with Crippen molar-refractivity contribution >= 4 is 21.3 Å². The predicted octanol–water partition coefficient (Wildman–Crippen LogP) is 2.64. The van der Waals surface area contributed by atoms with E-state index in [-0.39, 0.29) is 33.8 Å². The highest BCUT2D eigenvalue weighted by molar-refractivity contribution is 7.91. The second-order valence-corrected chi connectivity index (χ2v) is 8.46. The van der Waals surface area contributed by atoms with Crippen LogP contribution in [0.2, 0.25) is 0 Å². The van der Waals surface area contributed by atoms with Crippen molar-refractivity contribution in [2.75, 3.05) is 18.1 Å². The second kappa shape index (κ2) is 8.30. The number of benzene rings is 1. The Morgan fingerprint density at radius 2 is 2.04 bits per heavy atom. The summed E-state index contributed by atoms with van der Waals surface area (Å²) in [5.41, 5.74) is 4.54. The molecule has 0 amide bonds. The molecule has 0 saturated carbocycles. The minimum atomic E-state index is -3.54. The molecule has 0 aliphatic rings. The summed E-state index contributed by atoms with van der Waals surface area (Å²) in [6.07, 6.45) is 0.729. The van der Waals surface area contributed by atoms with Gasteiger partial charge in [0, 0.05) is 0 Å². The van der Waals surface area contributed by atoms with Gasteiger partial charge in [-0.25, -0.2) is 13.4 Å². The summed E-state index contributed by atoms with van der Waals surface area (Å²) in [6.45, 7) is 5.92. The summed E-state index contributed by atoms with van der Waals surface area (Å²) in [6, 6.07) is 4.35. The molecule has 1 aromatic heterocycles. The van der Waals surface area contributed by atoms with Gasteiger partial charge in [0.05, 0.1) is 22.8 Å². The van der Waals surface area contributed by atoms with E-state index in [0.717, 1.165) is 6.42 Å². The van der Waals surface area contributed by atoms with Crippen LogP contribution in [-0.2, 0) is 9.84 Å². The van der Waals surface area contributed by atoms with Gasteiger partial charge in [0.2, 0.25) is 5.69 Å². The van der Waals surface area contributed by atoms with E-state index in [1.54, 1.807) is 0 Å². The molecule has 2 aromatic rings. The number of ether oxygens (including phenoxy) is 1. The van der Waals surface area contributed by atoms with Crippen LogP contribution >= 0.6 is 0 Å². The normalized spacial score (nSPS) is 11.6. The lowest BCUT2D eigenvalue weighted by Gasteiger charge is -2.14. The quantitative estimate of drug-likeness (QED) is 0.655. The number of rotatable bonds is 8. The third-order valence-electron chi connectivity index (χ3n) is 3.59. The largest absolute Gasteiger partial charge is 0.493 e. The van der Waals surface area contributed by atoms with Crippen molar-refractivity contribution in [1.29, 1.82) is 0 Å². The summed E-state index contributed by atoms with van der Waals surface area (Å²) in [7, 11) is -3.54. The molecule has 3 N–H and O–H groups in total. The maximum atomic E-state index is 12.6. The van der Waals surface area contributed by atoms with Crippen LogP contribution in [0, 0.1) is 10.8 Å². The summed E-state index contributed by atoms with van der Waals surface area (Å²) >= 11 is 0. The maximum Gasteiger partial charge on any atom is 0.282 e. The number of nitrogens with zero attached hydrogens (tertiary/aromatic N) is 2. The number of H-pyrrole nitrogens is 1. The van der Waals surface area contributed by atoms with Gasteiger partial charge >= 0.3 is 0 Å². The van der Waals surface area contributed by atoms with E-state index in [0.29, 0.717) is 12.4 Å². The van der Waals surface area contributed by atoms with Gasteiger partial charge in [-0.15, -0.1) is 4.91 Å². The maximum absolute atomic E-state index is 12.6. The second-order valence-electron chi connectivity index (χ2n) is 6.42. The molecule has 0 fully saturated rings. The molecule has 27 heavy (non-hydrogen) atoms. The van der Waals surface area contributed by atoms with E-state index in [1.165, 1.54) is 18.2 Å². The van der Waals surface area contributed by atoms with Crippen LogP contribution in [0.4, 0.5) is 11.5 Å². The average Bonchev–Trinajstić information content (AvgIpc) is 2.58. The molecule has 2 rings (SSSR count). The molecule has 146 valence electrons. The van der Waals surface area contributed by atoms with Gasteiger partial charge in [0.25, 0.3) is 5.56 Å². The Morgan fingerprint density at radius 1 is 1.33 bits per heavy atom. The molecule has 0 bridgehead atoms. The zero-order chi connectivity index (χ0) is 20.2. The highest BCUT2D eigenvalue weighted by Gasteiger charge is 2.21. The van der Waals surface area contributed by atoms with Crippen molar-refractivity contribution in [3.8, 4) is 17.1 Å². The Kier molecular flexibility index (Phi) is 6.32. The van der Waals surface area contributed by atoms with Crippen molar-refractivity contribution in [3.63, 3.8) is 0 Å². The topological polar surface area (TPSA) is 145 Å². The fourth-order valence-corrected chi connectivity index (χ4v) is 4.10. The third-order valence-corrected chi connectivity index (χ3v) is 5.67. The highest BCUT2D eigenvalue weighted by Crippen LogP contribution is 2.32. The van der Waals surface area contributed by atoms with Gasteiger partial charge in [-0.1, -0.05) is 20.8 Å². The van der Waals surface area contributed by atoms with Crippen molar-refractivity contribution in [2.24, 2.45) is 11.1 Å². The number of nitrogens with two attached hydrogens (primary N) is 1. The van der Waals surface area contributed by atoms with Crippen molar-refractivity contribution in [3.05, 3.63) is 33.5 Å². The number of hydrogen-bond donors (Lipinski definition) is 2. The monoisotopic (exact) mass is 394 g/mol. The molecule has 0 saturated heterocycles. The van der Waals surface area contributed by atoms with Crippen LogP contribution < -0.4 is 16.0 Å². The van der Waals surface area contributed by atoms with Gasteiger partial charge < -0.3 is 15.5 Å². The molecular weight excluding hydrogens is 372 g/mol. The predicted molar refractivity (Wildman–Crippen MR) is 103 cm³/mol. The minimum Gasteiger partial charge on any atom is -0.493 e. The summed E-state index contributed by atoms with van der Waals surface area (Å²) < 4.78 is 30.8. The van der Waals surface area contributed by atoms with Crippen LogP contribution in [0.1, 0.15) is 27.2 Å². The summed E-state index contributed by atoms with van der Waals surface area (Å²) in [4.78, 5) is 29.2. The molecule has 0 unspecified atom stereocenters. The number of hydrogen-bond acceptors (Lipinski definition) is 8. The third kappa shape index (κ3) is 4.70. The van der Waals surface area contributed by atoms with E-state index < -0.39 is 21.1 Å². The first-order chi connectivity index (χ1) is 12.7. The fourth-order valence-electron chi connectivity index (χ4n) is 2.46. The van der Waals surface area contributed by atoms with Crippen LogP contribution in [-0.4, -0.2) is 30.7 Å². The number of sulfone groups is 1.